The second-order valence-electron chi connectivity index (χ2n) is 5.53. The monoisotopic (exact) mass is 360 g/mol. The Morgan fingerprint density at radius 2 is 1.77 bits per heavy atom. The lowest BCUT2D eigenvalue weighted by molar-refractivity contribution is 0.0950. The van der Waals surface area contributed by atoms with E-state index in [0.717, 1.165) is 11.1 Å². The molecule has 0 atom stereocenters. The number of benzene rings is 1. The molecule has 1 heterocycles. The Labute approximate surface area is 153 Å². The zero-order valence-corrected chi connectivity index (χ0v) is 15.5. The van der Waals surface area contributed by atoms with E-state index in [-0.39, 0.29) is 5.91 Å². The zero-order valence-electron chi connectivity index (χ0n) is 15.5. The van der Waals surface area contributed by atoms with Crippen molar-refractivity contribution in [1.82, 2.24) is 10.3 Å². The Morgan fingerprint density at radius 3 is 2.31 bits per heavy atom. The van der Waals surface area contributed by atoms with Crippen LogP contribution >= 0.6 is 0 Å². The van der Waals surface area contributed by atoms with Gasteiger partial charge < -0.3 is 24.3 Å². The third kappa shape index (κ3) is 5.10. The van der Waals surface area contributed by atoms with E-state index < -0.39 is 0 Å². The highest BCUT2D eigenvalue weighted by Gasteiger charge is 2.13. The maximum atomic E-state index is 12.4. The van der Waals surface area contributed by atoms with E-state index >= 15 is 0 Å². The van der Waals surface area contributed by atoms with Crippen LogP contribution in [0.4, 0.5) is 0 Å². The molecule has 2 aromatic rings. The Morgan fingerprint density at radius 1 is 1.08 bits per heavy atom. The smallest absolute Gasteiger partial charge is 0.251 e. The number of methoxy groups -OCH3 is 3. The number of hydrogen-bond donors (Lipinski definition) is 1. The fraction of sp³-hybridized carbons (Fsp3) is 0.368. The van der Waals surface area contributed by atoms with Crippen LogP contribution in [0.5, 0.6) is 17.4 Å². The topological polar surface area (TPSA) is 78.9 Å². The molecule has 7 heteroatoms. The molecule has 1 aromatic heterocycles. The number of ether oxygens (including phenoxy) is 4. The van der Waals surface area contributed by atoms with Crippen molar-refractivity contribution >= 4 is 5.91 Å². The summed E-state index contributed by atoms with van der Waals surface area (Å²) in [5.74, 6) is 1.51. The number of carbonyl (C=O) groups is 1. The quantitative estimate of drug-likeness (QED) is 0.692. The van der Waals surface area contributed by atoms with E-state index in [9.17, 15) is 4.79 Å². The van der Waals surface area contributed by atoms with Crippen molar-refractivity contribution in [3.63, 3.8) is 0 Å². The van der Waals surface area contributed by atoms with Gasteiger partial charge in [0, 0.05) is 37.0 Å². The van der Waals surface area contributed by atoms with Gasteiger partial charge in [-0.3, -0.25) is 4.79 Å². The van der Waals surface area contributed by atoms with Gasteiger partial charge in [0.2, 0.25) is 5.88 Å². The predicted molar refractivity (Wildman–Crippen MR) is 97.1 cm³/mol. The average molecular weight is 360 g/mol. The highest BCUT2D eigenvalue weighted by atomic mass is 16.5. The molecule has 2 rings (SSSR count). The lowest BCUT2D eigenvalue weighted by Crippen LogP contribution is -2.23. The van der Waals surface area contributed by atoms with E-state index in [1.807, 2.05) is 13.0 Å². The van der Waals surface area contributed by atoms with Crippen LogP contribution in [-0.2, 0) is 11.3 Å². The summed E-state index contributed by atoms with van der Waals surface area (Å²) in [4.78, 5) is 16.6. The van der Waals surface area contributed by atoms with Gasteiger partial charge >= 0.3 is 0 Å². The summed E-state index contributed by atoms with van der Waals surface area (Å²) in [6.07, 6.45) is 1.67. The number of hydrogen-bond acceptors (Lipinski definition) is 6. The SMILES string of the molecule is COCCOc1ccc(CNC(=O)c2cc(OC)c(C)c(OC)c2)cn1. The van der Waals surface area contributed by atoms with Gasteiger partial charge in [-0.05, 0) is 24.6 Å². The van der Waals surface area contributed by atoms with Gasteiger partial charge in [-0.15, -0.1) is 0 Å². The lowest BCUT2D eigenvalue weighted by atomic mass is 10.1. The number of rotatable bonds is 9. The number of pyridine rings is 1. The lowest BCUT2D eigenvalue weighted by Gasteiger charge is -2.13. The minimum Gasteiger partial charge on any atom is -0.496 e. The zero-order chi connectivity index (χ0) is 18.9. The Balaban J connectivity index is 1.98. The summed E-state index contributed by atoms with van der Waals surface area (Å²) in [5.41, 5.74) is 2.18. The molecule has 0 aliphatic carbocycles. The second-order valence-corrected chi connectivity index (χ2v) is 5.53. The number of nitrogens with zero attached hydrogens (tertiary/aromatic N) is 1. The minimum absolute atomic E-state index is 0.220. The second kappa shape index (κ2) is 9.62. The van der Waals surface area contributed by atoms with E-state index in [4.69, 9.17) is 18.9 Å². The summed E-state index contributed by atoms with van der Waals surface area (Å²) < 4.78 is 20.9. The van der Waals surface area contributed by atoms with Crippen molar-refractivity contribution in [2.24, 2.45) is 0 Å². The number of aromatic nitrogens is 1. The molecule has 0 unspecified atom stereocenters. The normalized spacial score (nSPS) is 10.3. The molecule has 140 valence electrons. The van der Waals surface area contributed by atoms with Crippen molar-refractivity contribution < 1.29 is 23.7 Å². The fourth-order valence-electron chi connectivity index (χ4n) is 2.33. The van der Waals surface area contributed by atoms with Crippen molar-refractivity contribution in [2.45, 2.75) is 13.5 Å². The standard InChI is InChI=1S/C19H24N2O5/c1-13-16(24-3)9-15(10-17(13)25-4)19(22)21-12-14-5-6-18(20-11-14)26-8-7-23-2/h5-6,9-11H,7-8,12H2,1-4H3,(H,21,22). The summed E-state index contributed by atoms with van der Waals surface area (Å²) in [6, 6.07) is 7.00. The molecular formula is C19H24N2O5. The van der Waals surface area contributed by atoms with E-state index in [2.05, 4.69) is 10.3 Å². The van der Waals surface area contributed by atoms with Crippen LogP contribution in [0, 0.1) is 6.92 Å². The molecule has 0 spiro atoms. The van der Waals surface area contributed by atoms with Gasteiger partial charge in [0.1, 0.15) is 18.1 Å². The molecule has 0 saturated carbocycles. The van der Waals surface area contributed by atoms with Crippen molar-refractivity contribution in [1.29, 1.82) is 0 Å². The molecular weight excluding hydrogens is 336 g/mol. The largest absolute Gasteiger partial charge is 0.496 e. The number of amides is 1. The first-order valence-electron chi connectivity index (χ1n) is 8.16. The van der Waals surface area contributed by atoms with Gasteiger partial charge in [-0.1, -0.05) is 6.07 Å². The molecule has 1 N–H and O–H groups in total. The third-order valence-electron chi connectivity index (χ3n) is 3.80. The first kappa shape index (κ1) is 19.5. The van der Waals surface area contributed by atoms with Gasteiger partial charge in [0.05, 0.1) is 20.8 Å². The molecule has 0 bridgehead atoms. The molecule has 1 aromatic carbocycles. The van der Waals surface area contributed by atoms with Crippen LogP contribution in [0.1, 0.15) is 21.5 Å². The minimum atomic E-state index is -0.220. The fourth-order valence-corrected chi connectivity index (χ4v) is 2.33. The Hall–Kier alpha value is -2.80. The molecule has 1 amide bonds. The first-order valence-corrected chi connectivity index (χ1v) is 8.16. The van der Waals surface area contributed by atoms with Crippen molar-refractivity contribution in [2.75, 3.05) is 34.5 Å². The van der Waals surface area contributed by atoms with Gasteiger partial charge in [-0.2, -0.15) is 0 Å². The van der Waals surface area contributed by atoms with E-state index in [1.165, 1.54) is 0 Å². The Bertz CT molecular complexity index is 706. The molecule has 7 nitrogen and oxygen atoms in total. The van der Waals surface area contributed by atoms with Crippen molar-refractivity contribution in [3.8, 4) is 17.4 Å². The van der Waals surface area contributed by atoms with Crippen LogP contribution < -0.4 is 19.5 Å². The summed E-state index contributed by atoms with van der Waals surface area (Å²) in [7, 11) is 4.73. The maximum Gasteiger partial charge on any atom is 0.251 e. The number of carbonyl (C=O) groups excluding carboxylic acids is 1. The van der Waals surface area contributed by atoms with Crippen LogP contribution in [0.2, 0.25) is 0 Å². The third-order valence-corrected chi connectivity index (χ3v) is 3.80. The summed E-state index contributed by atoms with van der Waals surface area (Å²) in [5, 5.41) is 2.86. The summed E-state index contributed by atoms with van der Waals surface area (Å²) >= 11 is 0. The highest BCUT2D eigenvalue weighted by Crippen LogP contribution is 2.29. The molecule has 0 saturated heterocycles. The predicted octanol–water partition coefficient (Wildman–Crippen LogP) is 2.36. The molecule has 26 heavy (non-hydrogen) atoms. The molecule has 0 aliphatic heterocycles. The Kier molecular flexibility index (Phi) is 7.23. The summed E-state index contributed by atoms with van der Waals surface area (Å²) in [6.45, 7) is 3.17. The van der Waals surface area contributed by atoms with Gasteiger partial charge in [-0.25, -0.2) is 4.98 Å². The molecule has 0 radical (unpaired) electrons. The van der Waals surface area contributed by atoms with Crippen LogP contribution in [0.25, 0.3) is 0 Å². The van der Waals surface area contributed by atoms with Crippen molar-refractivity contribution in [3.05, 3.63) is 47.2 Å². The average Bonchev–Trinajstić information content (AvgIpc) is 2.67. The van der Waals surface area contributed by atoms with Gasteiger partial charge in [0.25, 0.3) is 5.91 Å². The van der Waals surface area contributed by atoms with E-state index in [1.54, 1.807) is 45.7 Å². The van der Waals surface area contributed by atoms with Crippen LogP contribution in [-0.4, -0.2) is 45.4 Å². The highest BCUT2D eigenvalue weighted by molar-refractivity contribution is 5.95. The van der Waals surface area contributed by atoms with E-state index in [0.29, 0.717) is 42.7 Å². The molecule has 0 fully saturated rings. The maximum absolute atomic E-state index is 12.4. The van der Waals surface area contributed by atoms with Gasteiger partial charge in [0.15, 0.2) is 0 Å². The first-order chi connectivity index (χ1) is 12.6. The number of nitrogens with one attached hydrogen (secondary N) is 1. The van der Waals surface area contributed by atoms with Crippen LogP contribution in [0.3, 0.4) is 0 Å². The van der Waals surface area contributed by atoms with Crippen LogP contribution in [0.15, 0.2) is 30.5 Å². The molecule has 0 aliphatic rings.